The van der Waals surface area contributed by atoms with E-state index in [0.29, 0.717) is 5.92 Å². The Morgan fingerprint density at radius 2 is 2.17 bits per heavy atom. The molecule has 3 rings (SSSR count). The van der Waals surface area contributed by atoms with Crippen molar-refractivity contribution in [1.82, 2.24) is 0 Å². The Morgan fingerprint density at radius 1 is 1.33 bits per heavy atom. The Kier molecular flexibility index (Phi) is 1.28. The molecule has 66 valence electrons. The van der Waals surface area contributed by atoms with E-state index in [-0.39, 0.29) is 24.1 Å². The van der Waals surface area contributed by atoms with Crippen molar-refractivity contribution in [3.63, 3.8) is 0 Å². The first-order valence-corrected chi connectivity index (χ1v) is 4.68. The number of carbonyl (C=O) groups excluding carboxylic acids is 1. The largest absolute Gasteiger partial charge is 0.462 e. The molecule has 3 unspecified atom stereocenters. The number of hydrogen-bond donors (Lipinski definition) is 0. The van der Waals surface area contributed by atoms with E-state index in [1.54, 1.807) is 0 Å². The van der Waals surface area contributed by atoms with Crippen molar-refractivity contribution in [2.24, 2.45) is 11.8 Å². The van der Waals surface area contributed by atoms with Gasteiger partial charge in [-0.15, -0.1) is 0 Å². The fraction of sp³-hybridized carbons (Fsp3) is 0.889. The third kappa shape index (κ3) is 0.959. The van der Waals surface area contributed by atoms with Gasteiger partial charge in [-0.1, -0.05) is 0 Å². The van der Waals surface area contributed by atoms with Gasteiger partial charge in [-0.25, -0.2) is 0 Å². The number of hydrogen-bond acceptors (Lipinski definition) is 3. The Bertz CT molecular complexity index is 212. The van der Waals surface area contributed by atoms with Crippen molar-refractivity contribution in [3.05, 3.63) is 0 Å². The molecule has 1 saturated heterocycles. The zero-order valence-electron chi connectivity index (χ0n) is 6.86. The number of fused-ring (bicyclic) bond motifs is 1. The van der Waals surface area contributed by atoms with Gasteiger partial charge in [-0.2, -0.15) is 0 Å². The summed E-state index contributed by atoms with van der Waals surface area (Å²) in [6.07, 6.45) is 3.65. The van der Waals surface area contributed by atoms with Crippen LogP contribution in [0, 0.1) is 11.8 Å². The molecule has 1 aliphatic heterocycles. The fourth-order valence-corrected chi connectivity index (χ4v) is 1.99. The van der Waals surface area contributed by atoms with Crippen LogP contribution in [0.25, 0.3) is 0 Å². The predicted molar refractivity (Wildman–Crippen MR) is 40.5 cm³/mol. The summed E-state index contributed by atoms with van der Waals surface area (Å²) < 4.78 is 10.6. The average molecular weight is 168 g/mol. The van der Waals surface area contributed by atoms with Crippen molar-refractivity contribution in [2.45, 2.75) is 31.5 Å². The highest BCUT2D eigenvalue weighted by Crippen LogP contribution is 2.50. The summed E-state index contributed by atoms with van der Waals surface area (Å²) in [5.41, 5.74) is 0. The van der Waals surface area contributed by atoms with Crippen LogP contribution in [0.2, 0.25) is 0 Å². The first-order chi connectivity index (χ1) is 5.86. The quantitative estimate of drug-likeness (QED) is 0.570. The molecule has 2 aliphatic carbocycles. The highest BCUT2D eigenvalue weighted by atomic mass is 16.6. The van der Waals surface area contributed by atoms with Gasteiger partial charge in [-0.05, 0) is 19.3 Å². The van der Waals surface area contributed by atoms with Crippen molar-refractivity contribution in [1.29, 1.82) is 0 Å². The lowest BCUT2D eigenvalue weighted by molar-refractivity contribution is -0.148. The predicted octanol–water partition coefficient (Wildman–Crippen LogP) is 0.727. The molecule has 0 spiro atoms. The van der Waals surface area contributed by atoms with Gasteiger partial charge in [0.2, 0.25) is 0 Å². The van der Waals surface area contributed by atoms with Gasteiger partial charge in [-0.3, -0.25) is 4.79 Å². The molecule has 0 N–H and O–H groups in total. The second kappa shape index (κ2) is 2.22. The van der Waals surface area contributed by atoms with Crippen molar-refractivity contribution >= 4 is 5.97 Å². The van der Waals surface area contributed by atoms with Gasteiger partial charge in [0.05, 0.1) is 12.0 Å². The molecule has 1 heterocycles. The van der Waals surface area contributed by atoms with E-state index < -0.39 is 0 Å². The molecule has 12 heavy (non-hydrogen) atoms. The monoisotopic (exact) mass is 168 g/mol. The van der Waals surface area contributed by atoms with Crippen LogP contribution in [-0.4, -0.2) is 24.8 Å². The van der Waals surface area contributed by atoms with Crippen molar-refractivity contribution < 1.29 is 14.3 Å². The first-order valence-electron chi connectivity index (χ1n) is 4.68. The number of rotatable bonds is 2. The van der Waals surface area contributed by atoms with E-state index in [0.717, 1.165) is 25.9 Å². The van der Waals surface area contributed by atoms with Gasteiger partial charge in [0.1, 0.15) is 6.10 Å². The molecule has 3 aliphatic rings. The second-order valence-electron chi connectivity index (χ2n) is 3.95. The van der Waals surface area contributed by atoms with Crippen molar-refractivity contribution in [2.75, 3.05) is 6.61 Å². The molecule has 3 heteroatoms. The molecule has 3 fully saturated rings. The summed E-state index contributed by atoms with van der Waals surface area (Å²) in [4.78, 5) is 11.4. The Hall–Kier alpha value is -0.570. The Labute approximate surface area is 71.0 Å². The average Bonchev–Trinajstić information content (AvgIpc) is 2.94. The molecular formula is C9H12O3. The summed E-state index contributed by atoms with van der Waals surface area (Å²) in [6.45, 7) is 0.836. The van der Waals surface area contributed by atoms with Gasteiger partial charge >= 0.3 is 5.97 Å². The molecule has 0 bridgehead atoms. The number of ether oxygens (including phenoxy) is 2. The van der Waals surface area contributed by atoms with Crippen LogP contribution >= 0.6 is 0 Å². The first kappa shape index (κ1) is 6.89. The maximum atomic E-state index is 11.4. The van der Waals surface area contributed by atoms with Gasteiger partial charge in [0.15, 0.2) is 0 Å². The van der Waals surface area contributed by atoms with Crippen LogP contribution in [0.4, 0.5) is 0 Å². The third-order valence-corrected chi connectivity index (χ3v) is 2.94. The van der Waals surface area contributed by atoms with Crippen molar-refractivity contribution in [3.8, 4) is 0 Å². The molecule has 0 radical (unpaired) electrons. The van der Waals surface area contributed by atoms with E-state index in [4.69, 9.17) is 9.47 Å². The zero-order chi connectivity index (χ0) is 8.13. The minimum absolute atomic E-state index is 0.00722. The number of carbonyl (C=O) groups is 1. The van der Waals surface area contributed by atoms with E-state index in [2.05, 4.69) is 0 Å². The third-order valence-electron chi connectivity index (χ3n) is 2.94. The van der Waals surface area contributed by atoms with E-state index in [1.807, 2.05) is 0 Å². The minimum atomic E-state index is -0.00722. The van der Waals surface area contributed by atoms with Crippen LogP contribution in [-0.2, 0) is 14.3 Å². The molecule has 2 saturated carbocycles. The Morgan fingerprint density at radius 3 is 2.75 bits per heavy atom. The van der Waals surface area contributed by atoms with E-state index in [9.17, 15) is 4.79 Å². The highest BCUT2D eigenvalue weighted by molar-refractivity contribution is 5.77. The molecule has 0 aromatic heterocycles. The molecule has 3 nitrogen and oxygen atoms in total. The van der Waals surface area contributed by atoms with Crippen LogP contribution in [0.1, 0.15) is 19.3 Å². The van der Waals surface area contributed by atoms with Crippen LogP contribution < -0.4 is 0 Å². The van der Waals surface area contributed by atoms with Gasteiger partial charge < -0.3 is 9.47 Å². The lowest BCUT2D eigenvalue weighted by atomic mass is 10.2. The lowest BCUT2D eigenvalue weighted by Gasteiger charge is -2.03. The maximum Gasteiger partial charge on any atom is 0.312 e. The summed E-state index contributed by atoms with van der Waals surface area (Å²) in [5, 5.41) is 0. The molecular weight excluding hydrogens is 156 g/mol. The minimum Gasteiger partial charge on any atom is -0.462 e. The Balaban J connectivity index is 1.57. The summed E-state index contributed by atoms with van der Waals surface area (Å²) in [6, 6.07) is 0. The van der Waals surface area contributed by atoms with Gasteiger partial charge in [0, 0.05) is 12.5 Å². The SMILES string of the molecule is O=C(OC1CC1)C1C2CCOC21. The lowest BCUT2D eigenvalue weighted by Crippen LogP contribution is -2.13. The topological polar surface area (TPSA) is 35.5 Å². The standard InChI is InChI=1S/C9H12O3/c10-9(12-5-1-2-5)7-6-3-4-11-8(6)7/h5-8H,1-4H2. The van der Waals surface area contributed by atoms with Gasteiger partial charge in [0.25, 0.3) is 0 Å². The molecule has 0 aromatic carbocycles. The smallest absolute Gasteiger partial charge is 0.312 e. The van der Waals surface area contributed by atoms with E-state index >= 15 is 0 Å². The molecule has 3 atom stereocenters. The summed E-state index contributed by atoms with van der Waals surface area (Å²) >= 11 is 0. The maximum absolute atomic E-state index is 11.4. The summed E-state index contributed by atoms with van der Waals surface area (Å²) in [7, 11) is 0. The zero-order valence-corrected chi connectivity index (χ0v) is 6.86. The molecule has 0 aromatic rings. The normalized spacial score (nSPS) is 43.8. The summed E-state index contributed by atoms with van der Waals surface area (Å²) in [5.74, 6) is 0.586. The van der Waals surface area contributed by atoms with Crippen LogP contribution in [0.5, 0.6) is 0 Å². The van der Waals surface area contributed by atoms with Crippen LogP contribution in [0.15, 0.2) is 0 Å². The second-order valence-corrected chi connectivity index (χ2v) is 3.95. The fourth-order valence-electron chi connectivity index (χ4n) is 1.99. The number of esters is 1. The van der Waals surface area contributed by atoms with E-state index in [1.165, 1.54) is 0 Å². The molecule has 0 amide bonds. The van der Waals surface area contributed by atoms with Crippen LogP contribution in [0.3, 0.4) is 0 Å². The highest BCUT2D eigenvalue weighted by Gasteiger charge is 2.60.